The molecule has 1 heterocycles. The van der Waals surface area contributed by atoms with E-state index in [1.165, 1.54) is 38.3 Å². The highest BCUT2D eigenvalue weighted by molar-refractivity contribution is 5.48. The molecule has 0 spiro atoms. The number of aromatic nitrogens is 1. The van der Waals surface area contributed by atoms with E-state index in [0.29, 0.717) is 12.6 Å². The van der Waals surface area contributed by atoms with Gasteiger partial charge in [-0.1, -0.05) is 26.2 Å². The lowest BCUT2D eigenvalue weighted by Crippen LogP contribution is -2.38. The maximum Gasteiger partial charge on any atom is 0.141 e. The Bertz CT molecular complexity index is 430. The van der Waals surface area contributed by atoms with E-state index in [4.69, 9.17) is 0 Å². The van der Waals surface area contributed by atoms with Crippen LogP contribution >= 0.6 is 0 Å². The molecule has 0 aromatic carbocycles. The molecule has 0 saturated heterocycles. The van der Waals surface area contributed by atoms with E-state index in [9.17, 15) is 4.39 Å². The van der Waals surface area contributed by atoms with Crippen molar-refractivity contribution in [2.75, 3.05) is 18.0 Å². The first-order chi connectivity index (χ1) is 10.3. The van der Waals surface area contributed by atoms with Gasteiger partial charge in [0.15, 0.2) is 0 Å². The van der Waals surface area contributed by atoms with E-state index >= 15 is 0 Å². The van der Waals surface area contributed by atoms with Gasteiger partial charge in [-0.3, -0.25) is 0 Å². The molecule has 4 heteroatoms. The maximum absolute atomic E-state index is 13.6. The van der Waals surface area contributed by atoms with Crippen LogP contribution in [0.2, 0.25) is 0 Å². The van der Waals surface area contributed by atoms with Crippen LogP contribution in [0.5, 0.6) is 0 Å². The lowest BCUT2D eigenvalue weighted by Gasteiger charge is -2.35. The summed E-state index contributed by atoms with van der Waals surface area (Å²) in [5, 5.41) is 3.37. The van der Waals surface area contributed by atoms with Crippen LogP contribution < -0.4 is 10.2 Å². The van der Waals surface area contributed by atoms with Crippen molar-refractivity contribution in [3.05, 3.63) is 23.6 Å². The average Bonchev–Trinajstić information content (AvgIpc) is 2.51. The second-order valence-electron chi connectivity index (χ2n) is 5.89. The van der Waals surface area contributed by atoms with Crippen LogP contribution in [-0.2, 0) is 6.54 Å². The van der Waals surface area contributed by atoms with Gasteiger partial charge in [-0.05, 0) is 38.8 Å². The Labute approximate surface area is 127 Å². The summed E-state index contributed by atoms with van der Waals surface area (Å²) < 4.78 is 13.6. The fraction of sp³-hybridized carbons (Fsp3) is 0.706. The second-order valence-corrected chi connectivity index (χ2v) is 5.89. The Morgan fingerprint density at radius 3 is 2.71 bits per heavy atom. The van der Waals surface area contributed by atoms with Gasteiger partial charge in [0.25, 0.3) is 0 Å². The molecule has 0 amide bonds. The quantitative estimate of drug-likeness (QED) is 0.773. The first kappa shape index (κ1) is 16.2. The highest BCUT2D eigenvalue weighted by atomic mass is 19.1. The van der Waals surface area contributed by atoms with Gasteiger partial charge in [0.2, 0.25) is 0 Å². The Hall–Kier alpha value is -1.16. The summed E-state index contributed by atoms with van der Waals surface area (Å²) in [5.41, 5.74) is 0.982. The molecule has 21 heavy (non-hydrogen) atoms. The van der Waals surface area contributed by atoms with Crippen molar-refractivity contribution in [1.29, 1.82) is 0 Å². The van der Waals surface area contributed by atoms with Crippen molar-refractivity contribution in [3.63, 3.8) is 0 Å². The monoisotopic (exact) mass is 293 g/mol. The zero-order valence-corrected chi connectivity index (χ0v) is 13.4. The van der Waals surface area contributed by atoms with Crippen molar-refractivity contribution in [3.8, 4) is 0 Å². The predicted octanol–water partition coefficient (Wildman–Crippen LogP) is 3.88. The number of rotatable bonds is 7. The third-order valence-corrected chi connectivity index (χ3v) is 4.28. The van der Waals surface area contributed by atoms with E-state index in [1.807, 2.05) is 0 Å². The maximum atomic E-state index is 13.6. The minimum absolute atomic E-state index is 0.244. The van der Waals surface area contributed by atoms with Gasteiger partial charge in [-0.25, -0.2) is 9.37 Å². The molecule has 0 radical (unpaired) electrons. The van der Waals surface area contributed by atoms with Crippen LogP contribution in [0.4, 0.5) is 10.2 Å². The first-order valence-corrected chi connectivity index (χ1v) is 8.38. The number of pyridine rings is 1. The van der Waals surface area contributed by atoms with Crippen molar-refractivity contribution in [1.82, 2.24) is 10.3 Å². The molecule has 1 aliphatic carbocycles. The van der Waals surface area contributed by atoms with Gasteiger partial charge in [-0.2, -0.15) is 0 Å². The summed E-state index contributed by atoms with van der Waals surface area (Å²) in [7, 11) is 0. The van der Waals surface area contributed by atoms with Crippen molar-refractivity contribution in [2.45, 2.75) is 65.0 Å². The number of nitrogens with zero attached hydrogens (tertiary/aromatic N) is 2. The SMILES string of the molecule is CCCNCc1cc(F)cnc1N(CC)C1CCCCC1. The summed E-state index contributed by atoms with van der Waals surface area (Å²) >= 11 is 0. The summed E-state index contributed by atoms with van der Waals surface area (Å²) in [6, 6.07) is 2.20. The molecule has 0 aliphatic heterocycles. The molecule has 1 fully saturated rings. The van der Waals surface area contributed by atoms with E-state index in [0.717, 1.165) is 30.9 Å². The van der Waals surface area contributed by atoms with Crippen LogP contribution in [0, 0.1) is 5.82 Å². The zero-order valence-electron chi connectivity index (χ0n) is 13.4. The number of halogens is 1. The van der Waals surface area contributed by atoms with Crippen LogP contribution in [0.1, 0.15) is 57.9 Å². The molecule has 0 unspecified atom stereocenters. The third-order valence-electron chi connectivity index (χ3n) is 4.28. The third kappa shape index (κ3) is 4.40. The standard InChI is InChI=1S/C17H28FN3/c1-3-10-19-12-14-11-15(18)13-20-17(14)21(4-2)16-8-6-5-7-9-16/h11,13,16,19H,3-10,12H2,1-2H3. The van der Waals surface area contributed by atoms with Crippen LogP contribution in [0.15, 0.2) is 12.3 Å². The van der Waals surface area contributed by atoms with Crippen molar-refractivity contribution in [2.24, 2.45) is 0 Å². The van der Waals surface area contributed by atoms with Gasteiger partial charge >= 0.3 is 0 Å². The topological polar surface area (TPSA) is 28.2 Å². The number of hydrogen-bond acceptors (Lipinski definition) is 3. The largest absolute Gasteiger partial charge is 0.354 e. The molecule has 0 bridgehead atoms. The van der Waals surface area contributed by atoms with Crippen LogP contribution in [0.3, 0.4) is 0 Å². The minimum Gasteiger partial charge on any atom is -0.354 e. The van der Waals surface area contributed by atoms with Gasteiger partial charge in [0.05, 0.1) is 6.20 Å². The normalized spacial score (nSPS) is 16.1. The van der Waals surface area contributed by atoms with Crippen molar-refractivity contribution >= 4 is 5.82 Å². The molecule has 0 atom stereocenters. The van der Waals surface area contributed by atoms with Gasteiger partial charge in [0, 0.05) is 24.7 Å². The van der Waals surface area contributed by atoms with E-state index in [2.05, 4.69) is 29.0 Å². The number of hydrogen-bond donors (Lipinski definition) is 1. The first-order valence-electron chi connectivity index (χ1n) is 8.38. The van der Waals surface area contributed by atoms with Gasteiger partial charge < -0.3 is 10.2 Å². The van der Waals surface area contributed by atoms with Crippen LogP contribution in [-0.4, -0.2) is 24.1 Å². The van der Waals surface area contributed by atoms with Gasteiger partial charge in [0.1, 0.15) is 11.6 Å². The molecule has 1 N–H and O–H groups in total. The van der Waals surface area contributed by atoms with Crippen molar-refractivity contribution < 1.29 is 4.39 Å². The Balaban J connectivity index is 2.18. The Morgan fingerprint density at radius 2 is 2.05 bits per heavy atom. The Kier molecular flexibility index (Phi) is 6.43. The smallest absolute Gasteiger partial charge is 0.141 e. The summed E-state index contributed by atoms with van der Waals surface area (Å²) in [5.74, 6) is 0.723. The molecule has 118 valence electrons. The average molecular weight is 293 g/mol. The molecule has 2 rings (SSSR count). The van der Waals surface area contributed by atoms with E-state index in [-0.39, 0.29) is 5.82 Å². The van der Waals surface area contributed by atoms with Crippen LogP contribution in [0.25, 0.3) is 0 Å². The molecular formula is C17H28FN3. The fourth-order valence-electron chi connectivity index (χ4n) is 3.24. The highest BCUT2D eigenvalue weighted by Gasteiger charge is 2.23. The summed E-state index contributed by atoms with van der Waals surface area (Å²) in [6.07, 6.45) is 8.83. The lowest BCUT2D eigenvalue weighted by atomic mass is 9.94. The zero-order chi connectivity index (χ0) is 15.1. The Morgan fingerprint density at radius 1 is 1.29 bits per heavy atom. The lowest BCUT2D eigenvalue weighted by molar-refractivity contribution is 0.415. The molecule has 1 aromatic heterocycles. The molecule has 1 aromatic rings. The predicted molar refractivity (Wildman–Crippen MR) is 86.1 cm³/mol. The van der Waals surface area contributed by atoms with E-state index in [1.54, 1.807) is 6.07 Å². The number of anilines is 1. The molecule has 1 saturated carbocycles. The van der Waals surface area contributed by atoms with Gasteiger partial charge in [-0.15, -0.1) is 0 Å². The highest BCUT2D eigenvalue weighted by Crippen LogP contribution is 2.28. The molecule has 1 aliphatic rings. The molecular weight excluding hydrogens is 265 g/mol. The number of nitrogens with one attached hydrogen (secondary N) is 1. The molecule has 3 nitrogen and oxygen atoms in total. The summed E-state index contributed by atoms with van der Waals surface area (Å²) in [4.78, 5) is 6.79. The second kappa shape index (κ2) is 8.32. The minimum atomic E-state index is -0.244. The summed E-state index contributed by atoms with van der Waals surface area (Å²) in [6.45, 7) is 6.88. The fourth-order valence-corrected chi connectivity index (χ4v) is 3.24. The van der Waals surface area contributed by atoms with E-state index < -0.39 is 0 Å².